The standard InChI is InChI=1S/C16H17FN2O4S2/c1-11-3-5-14(17)16(9-11)25(22,23)19-8-7-12-10-13(4-6-15(12)19)24(20,21)18-2/h3-6,9-10,18H,7-8H2,1-2H3. The van der Waals surface area contributed by atoms with Crippen molar-refractivity contribution in [3.05, 3.63) is 53.3 Å². The molecule has 0 amide bonds. The first-order chi connectivity index (χ1) is 11.7. The van der Waals surface area contributed by atoms with Crippen LogP contribution in [0, 0.1) is 12.7 Å². The van der Waals surface area contributed by atoms with E-state index in [2.05, 4.69) is 4.72 Å². The van der Waals surface area contributed by atoms with Gasteiger partial charge in [-0.2, -0.15) is 0 Å². The summed E-state index contributed by atoms with van der Waals surface area (Å²) in [6.07, 6.45) is 0.356. The lowest BCUT2D eigenvalue weighted by Crippen LogP contribution is -2.30. The monoisotopic (exact) mass is 384 g/mol. The maximum atomic E-state index is 14.1. The number of nitrogens with one attached hydrogen (secondary N) is 1. The predicted octanol–water partition coefficient (Wildman–Crippen LogP) is 1.79. The molecule has 0 fully saturated rings. The summed E-state index contributed by atoms with van der Waals surface area (Å²) in [5.74, 6) is -0.812. The molecule has 0 unspecified atom stereocenters. The maximum Gasteiger partial charge on any atom is 0.267 e. The molecule has 9 heteroatoms. The molecule has 6 nitrogen and oxygen atoms in total. The topological polar surface area (TPSA) is 83.6 Å². The van der Waals surface area contributed by atoms with Crippen molar-refractivity contribution >= 4 is 25.7 Å². The zero-order valence-corrected chi connectivity index (χ0v) is 15.3. The summed E-state index contributed by atoms with van der Waals surface area (Å²) < 4.78 is 66.9. The first-order valence-electron chi connectivity index (χ1n) is 7.52. The molecule has 0 spiro atoms. The average molecular weight is 384 g/mol. The van der Waals surface area contributed by atoms with Gasteiger partial charge in [0, 0.05) is 6.54 Å². The Bertz CT molecular complexity index is 1050. The van der Waals surface area contributed by atoms with Gasteiger partial charge >= 0.3 is 0 Å². The van der Waals surface area contributed by atoms with Gasteiger partial charge in [0.15, 0.2) is 0 Å². The molecule has 1 N–H and O–H groups in total. The highest BCUT2D eigenvalue weighted by atomic mass is 32.2. The Kier molecular flexibility index (Phi) is 4.34. The van der Waals surface area contributed by atoms with E-state index in [9.17, 15) is 21.2 Å². The number of aryl methyl sites for hydroxylation is 1. The van der Waals surface area contributed by atoms with E-state index in [0.717, 1.165) is 10.4 Å². The van der Waals surface area contributed by atoms with E-state index in [1.54, 1.807) is 6.92 Å². The molecule has 134 valence electrons. The summed E-state index contributed by atoms with van der Waals surface area (Å²) in [4.78, 5) is -0.318. The summed E-state index contributed by atoms with van der Waals surface area (Å²) >= 11 is 0. The van der Waals surface area contributed by atoms with Crippen LogP contribution < -0.4 is 9.03 Å². The molecule has 1 aliphatic rings. The number of anilines is 1. The van der Waals surface area contributed by atoms with Crippen molar-refractivity contribution in [2.45, 2.75) is 23.1 Å². The molecule has 2 aromatic carbocycles. The van der Waals surface area contributed by atoms with Crippen molar-refractivity contribution < 1.29 is 21.2 Å². The highest BCUT2D eigenvalue weighted by Gasteiger charge is 2.33. The third kappa shape index (κ3) is 3.03. The first-order valence-corrected chi connectivity index (χ1v) is 10.4. The second-order valence-corrected chi connectivity index (χ2v) is 9.48. The molecule has 0 saturated heterocycles. The minimum Gasteiger partial charge on any atom is -0.266 e. The third-order valence-electron chi connectivity index (χ3n) is 4.14. The number of hydrogen-bond donors (Lipinski definition) is 1. The molecule has 0 atom stereocenters. The fraction of sp³-hybridized carbons (Fsp3) is 0.250. The molecule has 0 aliphatic carbocycles. The van der Waals surface area contributed by atoms with Crippen molar-refractivity contribution in [2.75, 3.05) is 17.9 Å². The van der Waals surface area contributed by atoms with Gasteiger partial charge in [-0.25, -0.2) is 25.9 Å². The van der Waals surface area contributed by atoms with Crippen LogP contribution in [0.2, 0.25) is 0 Å². The lowest BCUT2D eigenvalue weighted by Gasteiger charge is -2.20. The van der Waals surface area contributed by atoms with E-state index in [4.69, 9.17) is 0 Å². The van der Waals surface area contributed by atoms with Crippen LogP contribution in [0.15, 0.2) is 46.2 Å². The van der Waals surface area contributed by atoms with Gasteiger partial charge in [-0.1, -0.05) is 6.07 Å². The van der Waals surface area contributed by atoms with Crippen LogP contribution in [0.1, 0.15) is 11.1 Å². The van der Waals surface area contributed by atoms with Gasteiger partial charge in [0.2, 0.25) is 10.0 Å². The summed E-state index contributed by atoms with van der Waals surface area (Å²) in [5, 5.41) is 0. The number of fused-ring (bicyclic) bond motifs is 1. The van der Waals surface area contributed by atoms with Gasteiger partial charge in [0.1, 0.15) is 10.7 Å². The molecule has 3 rings (SSSR count). The van der Waals surface area contributed by atoms with Crippen molar-refractivity contribution in [3.63, 3.8) is 0 Å². The van der Waals surface area contributed by atoms with E-state index in [1.807, 2.05) is 0 Å². The van der Waals surface area contributed by atoms with Crippen LogP contribution in [0.3, 0.4) is 0 Å². The zero-order chi connectivity index (χ0) is 18.4. The third-order valence-corrected chi connectivity index (χ3v) is 7.38. The summed E-state index contributed by atoms with van der Waals surface area (Å²) in [5.41, 5.74) is 1.60. The Balaban J connectivity index is 2.07. The summed E-state index contributed by atoms with van der Waals surface area (Å²) in [7, 11) is -6.38. The molecule has 0 saturated carbocycles. The van der Waals surface area contributed by atoms with Gasteiger partial charge in [-0.3, -0.25) is 4.31 Å². The molecular weight excluding hydrogens is 367 g/mol. The Labute approximate surface area is 146 Å². The SMILES string of the molecule is CNS(=O)(=O)c1ccc2c(c1)CCN2S(=O)(=O)c1cc(C)ccc1F. The van der Waals surface area contributed by atoms with Crippen LogP contribution >= 0.6 is 0 Å². The Morgan fingerprint density at radius 3 is 2.48 bits per heavy atom. The summed E-state index contributed by atoms with van der Waals surface area (Å²) in [6.45, 7) is 1.82. The maximum absolute atomic E-state index is 14.1. The number of sulfonamides is 2. The molecule has 0 aromatic heterocycles. The van der Waals surface area contributed by atoms with Gasteiger partial charge in [0.05, 0.1) is 10.6 Å². The van der Waals surface area contributed by atoms with E-state index in [1.165, 1.54) is 37.4 Å². The van der Waals surface area contributed by atoms with Gasteiger partial charge in [-0.05, 0) is 61.9 Å². The van der Waals surface area contributed by atoms with E-state index < -0.39 is 25.9 Å². The Morgan fingerprint density at radius 2 is 1.80 bits per heavy atom. The van der Waals surface area contributed by atoms with E-state index in [0.29, 0.717) is 23.2 Å². The largest absolute Gasteiger partial charge is 0.267 e. The quantitative estimate of drug-likeness (QED) is 0.871. The number of halogens is 1. The first kappa shape index (κ1) is 17.8. The number of benzene rings is 2. The molecular formula is C16H17FN2O4S2. The van der Waals surface area contributed by atoms with Gasteiger partial charge in [-0.15, -0.1) is 0 Å². The Hall–Kier alpha value is -1.97. The highest BCUT2D eigenvalue weighted by Crippen LogP contribution is 2.35. The number of hydrogen-bond acceptors (Lipinski definition) is 4. The normalized spacial score (nSPS) is 14.6. The van der Waals surface area contributed by atoms with E-state index in [-0.39, 0.29) is 16.3 Å². The van der Waals surface area contributed by atoms with Crippen LogP contribution in [0.4, 0.5) is 10.1 Å². The van der Waals surface area contributed by atoms with Crippen LogP contribution in [-0.2, 0) is 26.5 Å². The molecule has 0 radical (unpaired) electrons. The van der Waals surface area contributed by atoms with E-state index >= 15 is 0 Å². The molecule has 0 bridgehead atoms. The molecule has 2 aromatic rings. The minimum atomic E-state index is -4.07. The number of rotatable bonds is 4. The lowest BCUT2D eigenvalue weighted by atomic mass is 10.2. The van der Waals surface area contributed by atoms with Crippen molar-refractivity contribution in [3.8, 4) is 0 Å². The highest BCUT2D eigenvalue weighted by molar-refractivity contribution is 7.92. The zero-order valence-electron chi connectivity index (χ0n) is 13.7. The van der Waals surface area contributed by atoms with Gasteiger partial charge < -0.3 is 0 Å². The van der Waals surface area contributed by atoms with Crippen molar-refractivity contribution in [2.24, 2.45) is 0 Å². The smallest absolute Gasteiger partial charge is 0.266 e. The van der Waals surface area contributed by atoms with Crippen LogP contribution in [0.5, 0.6) is 0 Å². The van der Waals surface area contributed by atoms with Crippen LogP contribution in [-0.4, -0.2) is 30.4 Å². The lowest BCUT2D eigenvalue weighted by molar-refractivity contribution is 0.564. The van der Waals surface area contributed by atoms with Crippen LogP contribution in [0.25, 0.3) is 0 Å². The second kappa shape index (κ2) is 6.08. The summed E-state index contributed by atoms with van der Waals surface area (Å²) in [6, 6.07) is 8.15. The second-order valence-electron chi connectivity index (χ2n) is 5.76. The molecule has 1 aliphatic heterocycles. The van der Waals surface area contributed by atoms with Crippen molar-refractivity contribution in [1.82, 2.24) is 4.72 Å². The van der Waals surface area contributed by atoms with Gasteiger partial charge in [0.25, 0.3) is 10.0 Å². The fourth-order valence-electron chi connectivity index (χ4n) is 2.81. The molecule has 25 heavy (non-hydrogen) atoms. The predicted molar refractivity (Wildman–Crippen MR) is 92.1 cm³/mol. The molecule has 1 heterocycles. The van der Waals surface area contributed by atoms with Crippen molar-refractivity contribution in [1.29, 1.82) is 0 Å². The minimum absolute atomic E-state index is 0.0646. The number of nitrogens with zero attached hydrogens (tertiary/aromatic N) is 1. The fourth-order valence-corrected chi connectivity index (χ4v) is 5.25. The Morgan fingerprint density at radius 1 is 1.08 bits per heavy atom. The average Bonchev–Trinajstić information content (AvgIpc) is 3.00.